The molecule has 0 bridgehead atoms. The summed E-state index contributed by atoms with van der Waals surface area (Å²) in [6.07, 6.45) is 0.277. The molecule has 1 aliphatic carbocycles. The van der Waals surface area contributed by atoms with Crippen molar-refractivity contribution in [2.45, 2.75) is 12.0 Å². The number of hydrogen-bond donors (Lipinski definition) is 1. The number of benzene rings is 1. The molecule has 1 aromatic rings. The number of amides is 1. The van der Waals surface area contributed by atoms with Gasteiger partial charge in [0.15, 0.2) is 0 Å². The normalized spacial score (nSPS) is 31.4. The van der Waals surface area contributed by atoms with Gasteiger partial charge >= 0.3 is 6.09 Å². The van der Waals surface area contributed by atoms with E-state index in [0.29, 0.717) is 12.2 Å². The Morgan fingerprint density at radius 3 is 3.19 bits per heavy atom. The summed E-state index contributed by atoms with van der Waals surface area (Å²) in [5.74, 6) is -0.0955. The van der Waals surface area contributed by atoms with Crippen molar-refractivity contribution in [3.63, 3.8) is 0 Å². The second-order valence-corrected chi connectivity index (χ2v) is 5.14. The van der Waals surface area contributed by atoms with Gasteiger partial charge in [-0.25, -0.2) is 9.18 Å². The standard InChI is InChI=1S/C11H9BrFNO2/c12-7-1-2-9(13)8(3-7)11-4-6(11)5-16-10(15)14-11/h1-3,6H,4-5H2,(H,14,15)/t6-,11-/m0/s1. The van der Waals surface area contributed by atoms with E-state index in [0.717, 1.165) is 10.9 Å². The van der Waals surface area contributed by atoms with Crippen LogP contribution in [0, 0.1) is 11.7 Å². The molecule has 1 amide bonds. The number of carbonyl (C=O) groups is 1. The molecule has 0 spiro atoms. The van der Waals surface area contributed by atoms with Gasteiger partial charge in [-0.05, 0) is 24.6 Å². The van der Waals surface area contributed by atoms with E-state index in [1.165, 1.54) is 6.07 Å². The predicted octanol–water partition coefficient (Wildman–Crippen LogP) is 2.54. The quantitative estimate of drug-likeness (QED) is 0.861. The fourth-order valence-corrected chi connectivity index (χ4v) is 2.68. The summed E-state index contributed by atoms with van der Waals surface area (Å²) in [5, 5.41) is 2.73. The number of carbonyl (C=O) groups excluding carboxylic acids is 1. The third-order valence-corrected chi connectivity index (χ3v) is 3.75. The highest BCUT2D eigenvalue weighted by Gasteiger charge is 2.60. The number of halogens is 2. The smallest absolute Gasteiger partial charge is 0.407 e. The van der Waals surface area contributed by atoms with Crippen LogP contribution in [0.4, 0.5) is 9.18 Å². The molecule has 1 heterocycles. The van der Waals surface area contributed by atoms with Crippen LogP contribution in [0.15, 0.2) is 22.7 Å². The maximum absolute atomic E-state index is 13.7. The number of cyclic esters (lactones) is 1. The zero-order chi connectivity index (χ0) is 11.3. The minimum atomic E-state index is -0.538. The number of rotatable bonds is 1. The van der Waals surface area contributed by atoms with Gasteiger partial charge in [-0.1, -0.05) is 15.9 Å². The van der Waals surface area contributed by atoms with Gasteiger partial charge in [-0.2, -0.15) is 0 Å². The topological polar surface area (TPSA) is 38.3 Å². The van der Waals surface area contributed by atoms with Gasteiger partial charge < -0.3 is 10.1 Å². The second-order valence-electron chi connectivity index (χ2n) is 4.22. The summed E-state index contributed by atoms with van der Waals surface area (Å²) in [5.41, 5.74) is 0.00644. The van der Waals surface area contributed by atoms with Crippen molar-refractivity contribution in [1.29, 1.82) is 0 Å². The molecule has 5 heteroatoms. The number of alkyl carbamates (subject to hydrolysis) is 1. The van der Waals surface area contributed by atoms with E-state index in [2.05, 4.69) is 21.2 Å². The molecule has 2 aliphatic rings. The molecule has 1 saturated heterocycles. The van der Waals surface area contributed by atoms with E-state index >= 15 is 0 Å². The third kappa shape index (κ3) is 1.34. The summed E-state index contributed by atoms with van der Waals surface area (Å²) in [7, 11) is 0. The van der Waals surface area contributed by atoms with Crippen LogP contribution in [0.3, 0.4) is 0 Å². The average Bonchev–Trinajstić information content (AvgIpc) is 2.96. The molecule has 84 valence electrons. The Balaban J connectivity index is 2.04. The number of hydrogen-bond acceptors (Lipinski definition) is 2. The summed E-state index contributed by atoms with van der Waals surface area (Å²) < 4.78 is 19.4. The predicted molar refractivity (Wildman–Crippen MR) is 58.4 cm³/mol. The Kier molecular flexibility index (Phi) is 2.01. The van der Waals surface area contributed by atoms with Crippen molar-refractivity contribution in [2.75, 3.05) is 6.61 Å². The van der Waals surface area contributed by atoms with Crippen LogP contribution >= 0.6 is 15.9 Å². The van der Waals surface area contributed by atoms with Crippen molar-refractivity contribution < 1.29 is 13.9 Å². The first-order chi connectivity index (χ1) is 7.62. The van der Waals surface area contributed by atoms with E-state index in [1.54, 1.807) is 12.1 Å². The lowest BCUT2D eigenvalue weighted by atomic mass is 10.0. The Morgan fingerprint density at radius 2 is 2.38 bits per heavy atom. The molecular formula is C11H9BrFNO2. The molecule has 0 aromatic heterocycles. The monoisotopic (exact) mass is 285 g/mol. The third-order valence-electron chi connectivity index (χ3n) is 3.25. The van der Waals surface area contributed by atoms with E-state index < -0.39 is 11.6 Å². The molecule has 3 rings (SSSR count). The fourth-order valence-electron chi connectivity index (χ4n) is 2.32. The highest BCUT2D eigenvalue weighted by atomic mass is 79.9. The first-order valence-electron chi connectivity index (χ1n) is 5.02. The molecule has 2 atom stereocenters. The van der Waals surface area contributed by atoms with Crippen molar-refractivity contribution in [1.82, 2.24) is 5.32 Å². The molecule has 0 radical (unpaired) electrons. The molecule has 16 heavy (non-hydrogen) atoms. The number of nitrogens with one attached hydrogen (secondary N) is 1. The molecular weight excluding hydrogens is 277 g/mol. The SMILES string of the molecule is O=C1N[C@@]2(c3cc(Br)ccc3F)C[C@H]2CO1. The van der Waals surface area contributed by atoms with Crippen molar-refractivity contribution in [3.05, 3.63) is 34.1 Å². The maximum Gasteiger partial charge on any atom is 0.407 e. The van der Waals surface area contributed by atoms with Gasteiger partial charge in [-0.15, -0.1) is 0 Å². The summed E-state index contributed by atoms with van der Waals surface area (Å²) in [6, 6.07) is 4.78. The zero-order valence-electron chi connectivity index (χ0n) is 8.30. The maximum atomic E-state index is 13.7. The number of ether oxygens (including phenoxy) is 1. The number of fused-ring (bicyclic) bond motifs is 1. The average molecular weight is 286 g/mol. The Morgan fingerprint density at radius 1 is 1.56 bits per heavy atom. The van der Waals surface area contributed by atoms with Crippen LogP contribution in [0.25, 0.3) is 0 Å². The Hall–Kier alpha value is -1.10. The van der Waals surface area contributed by atoms with Crippen LogP contribution < -0.4 is 5.32 Å². The van der Waals surface area contributed by atoms with E-state index in [1.807, 2.05) is 0 Å². The lowest BCUT2D eigenvalue weighted by molar-refractivity contribution is 0.111. The van der Waals surface area contributed by atoms with E-state index in [-0.39, 0.29) is 11.7 Å². The summed E-state index contributed by atoms with van der Waals surface area (Å²) in [4.78, 5) is 11.2. The second kappa shape index (κ2) is 3.20. The van der Waals surface area contributed by atoms with Gasteiger partial charge in [-0.3, -0.25) is 0 Å². The van der Waals surface area contributed by atoms with Crippen molar-refractivity contribution >= 4 is 22.0 Å². The Bertz CT molecular complexity index is 479. The summed E-state index contributed by atoms with van der Waals surface area (Å²) >= 11 is 3.31. The molecule has 1 saturated carbocycles. The van der Waals surface area contributed by atoms with Crippen LogP contribution in [-0.2, 0) is 10.3 Å². The van der Waals surface area contributed by atoms with Crippen molar-refractivity contribution in [3.8, 4) is 0 Å². The lowest BCUT2D eigenvalue weighted by Crippen LogP contribution is -2.42. The first kappa shape index (κ1) is 10.1. The Labute approximate surface area is 100 Å². The van der Waals surface area contributed by atoms with Crippen molar-refractivity contribution in [2.24, 2.45) is 5.92 Å². The van der Waals surface area contributed by atoms with Crippen LogP contribution in [0.2, 0.25) is 0 Å². The first-order valence-corrected chi connectivity index (χ1v) is 5.81. The van der Waals surface area contributed by atoms with Gasteiger partial charge in [0.1, 0.15) is 5.82 Å². The lowest BCUT2D eigenvalue weighted by Gasteiger charge is -2.24. The zero-order valence-corrected chi connectivity index (χ0v) is 9.88. The highest BCUT2D eigenvalue weighted by Crippen LogP contribution is 2.54. The molecule has 3 nitrogen and oxygen atoms in total. The van der Waals surface area contributed by atoms with Crippen LogP contribution in [-0.4, -0.2) is 12.7 Å². The molecule has 2 fully saturated rings. The summed E-state index contributed by atoms with van der Waals surface area (Å²) in [6.45, 7) is 0.373. The molecule has 1 aromatic carbocycles. The highest BCUT2D eigenvalue weighted by molar-refractivity contribution is 9.10. The van der Waals surface area contributed by atoms with Gasteiger partial charge in [0.2, 0.25) is 0 Å². The largest absolute Gasteiger partial charge is 0.449 e. The van der Waals surface area contributed by atoms with Gasteiger partial charge in [0.05, 0.1) is 12.1 Å². The van der Waals surface area contributed by atoms with E-state index in [9.17, 15) is 9.18 Å². The van der Waals surface area contributed by atoms with Crippen LogP contribution in [0.5, 0.6) is 0 Å². The van der Waals surface area contributed by atoms with Gasteiger partial charge in [0.25, 0.3) is 0 Å². The molecule has 1 N–H and O–H groups in total. The van der Waals surface area contributed by atoms with E-state index in [4.69, 9.17) is 4.74 Å². The van der Waals surface area contributed by atoms with Gasteiger partial charge in [0, 0.05) is 16.0 Å². The molecule has 1 aliphatic heterocycles. The van der Waals surface area contributed by atoms with Crippen LogP contribution in [0.1, 0.15) is 12.0 Å². The fraction of sp³-hybridized carbons (Fsp3) is 0.364. The molecule has 0 unspecified atom stereocenters. The minimum Gasteiger partial charge on any atom is -0.449 e. The minimum absolute atomic E-state index is 0.189.